The fourth-order valence-electron chi connectivity index (χ4n) is 4.40. The zero-order valence-electron chi connectivity index (χ0n) is 20.9. The zero-order valence-corrected chi connectivity index (χ0v) is 24.0. The van der Waals surface area contributed by atoms with Crippen molar-refractivity contribution in [3.8, 4) is 11.5 Å². The van der Waals surface area contributed by atoms with Gasteiger partial charge in [0, 0.05) is 15.6 Å². The molecule has 4 aromatic rings. The average molecular weight is 626 g/mol. The van der Waals surface area contributed by atoms with E-state index in [9.17, 15) is 14.7 Å². The molecular formula is C29H22BrClN2O5S. The molecule has 39 heavy (non-hydrogen) atoms. The second-order valence-corrected chi connectivity index (χ2v) is 10.9. The van der Waals surface area contributed by atoms with E-state index in [1.165, 1.54) is 4.57 Å². The predicted molar refractivity (Wildman–Crippen MR) is 155 cm³/mol. The average Bonchev–Trinajstić information content (AvgIpc) is 3.25. The number of carbonyl (C=O) groups excluding carboxylic acids is 1. The Bertz CT molecular complexity index is 1800. The molecule has 198 valence electrons. The summed E-state index contributed by atoms with van der Waals surface area (Å²) < 4.78 is 13.4. The first-order valence-electron chi connectivity index (χ1n) is 11.9. The maximum atomic E-state index is 14.0. The van der Waals surface area contributed by atoms with Crippen LogP contribution in [0.4, 0.5) is 0 Å². The lowest BCUT2D eigenvalue weighted by atomic mass is 9.93. The number of benzene rings is 3. The normalized spacial score (nSPS) is 15.1. The molecule has 3 aromatic carbocycles. The number of hydrogen-bond acceptors (Lipinski definition) is 7. The Morgan fingerprint density at radius 2 is 1.95 bits per heavy atom. The first-order chi connectivity index (χ1) is 18.8. The third-order valence-corrected chi connectivity index (χ3v) is 7.86. The minimum absolute atomic E-state index is 0.146. The maximum absolute atomic E-state index is 14.0. The summed E-state index contributed by atoms with van der Waals surface area (Å²) in [5, 5.41) is 10.7. The van der Waals surface area contributed by atoms with Gasteiger partial charge in [-0.1, -0.05) is 81.3 Å². The molecule has 10 heteroatoms. The first-order valence-corrected chi connectivity index (χ1v) is 13.9. The fraction of sp³-hybridized carbons (Fsp3) is 0.138. The molecule has 0 fully saturated rings. The summed E-state index contributed by atoms with van der Waals surface area (Å²) in [7, 11) is 1.55. The van der Waals surface area contributed by atoms with Crippen LogP contribution in [-0.4, -0.2) is 29.4 Å². The Morgan fingerprint density at radius 3 is 2.67 bits per heavy atom. The van der Waals surface area contributed by atoms with Crippen LogP contribution < -0.4 is 19.6 Å². The molecule has 0 aliphatic carbocycles. The van der Waals surface area contributed by atoms with Gasteiger partial charge in [-0.15, -0.1) is 0 Å². The van der Waals surface area contributed by atoms with Gasteiger partial charge in [0.15, 0.2) is 4.80 Å². The molecule has 0 spiro atoms. The number of aromatic nitrogens is 1. The highest BCUT2D eigenvalue weighted by molar-refractivity contribution is 9.10. The predicted octanol–water partition coefficient (Wildman–Crippen LogP) is 5.07. The number of hydrogen-bond donors (Lipinski definition) is 1. The van der Waals surface area contributed by atoms with Crippen molar-refractivity contribution in [1.29, 1.82) is 0 Å². The number of fused-ring (bicyclic) bond motifs is 1. The number of nitrogens with zero attached hydrogens (tertiary/aromatic N) is 2. The van der Waals surface area contributed by atoms with Crippen LogP contribution in [0.15, 0.2) is 86.6 Å². The lowest BCUT2D eigenvalue weighted by Gasteiger charge is -2.26. The smallest absolute Gasteiger partial charge is 0.338 e. The van der Waals surface area contributed by atoms with Gasteiger partial charge in [-0.05, 0) is 42.8 Å². The van der Waals surface area contributed by atoms with Gasteiger partial charge in [0.2, 0.25) is 0 Å². The lowest BCUT2D eigenvalue weighted by molar-refractivity contribution is -0.138. The van der Waals surface area contributed by atoms with Crippen LogP contribution in [0.5, 0.6) is 11.5 Å². The number of thiazole rings is 1. The van der Waals surface area contributed by atoms with E-state index in [4.69, 9.17) is 26.1 Å². The van der Waals surface area contributed by atoms with E-state index in [1.54, 1.807) is 50.4 Å². The molecule has 1 aliphatic rings. The van der Waals surface area contributed by atoms with E-state index in [0.717, 1.165) is 11.3 Å². The number of halogens is 2. The van der Waals surface area contributed by atoms with Crippen LogP contribution in [0.2, 0.25) is 5.02 Å². The van der Waals surface area contributed by atoms with Crippen LogP contribution in [0, 0.1) is 0 Å². The number of methoxy groups -OCH3 is 1. The lowest BCUT2D eigenvalue weighted by Crippen LogP contribution is -2.40. The largest absolute Gasteiger partial charge is 0.506 e. The summed E-state index contributed by atoms with van der Waals surface area (Å²) in [5.41, 5.74) is 2.01. The Morgan fingerprint density at radius 1 is 1.18 bits per heavy atom. The molecule has 1 N–H and O–H groups in total. The number of carbonyl (C=O) groups is 1. The maximum Gasteiger partial charge on any atom is 0.338 e. The van der Waals surface area contributed by atoms with Crippen LogP contribution in [-0.2, 0) is 9.53 Å². The number of ether oxygens (including phenoxy) is 2. The third kappa shape index (κ3) is 5.17. The molecule has 0 saturated carbocycles. The van der Waals surface area contributed by atoms with Gasteiger partial charge >= 0.3 is 5.97 Å². The van der Waals surface area contributed by atoms with E-state index in [1.807, 2.05) is 36.4 Å². The van der Waals surface area contributed by atoms with Gasteiger partial charge in [0.05, 0.1) is 40.6 Å². The first kappa shape index (κ1) is 26.9. The molecule has 1 atom stereocenters. The third-order valence-electron chi connectivity index (χ3n) is 6.13. The van der Waals surface area contributed by atoms with Crippen molar-refractivity contribution in [3.63, 3.8) is 0 Å². The van der Waals surface area contributed by atoms with Gasteiger partial charge in [0.1, 0.15) is 11.5 Å². The summed E-state index contributed by atoms with van der Waals surface area (Å²) in [5.74, 6) is -0.143. The van der Waals surface area contributed by atoms with E-state index >= 15 is 0 Å². The number of phenols is 1. The molecular weight excluding hydrogens is 604 g/mol. The van der Waals surface area contributed by atoms with Crippen LogP contribution in [0.3, 0.4) is 0 Å². The Hall–Kier alpha value is -3.66. The highest BCUT2D eigenvalue weighted by Crippen LogP contribution is 2.36. The molecule has 2 heterocycles. The van der Waals surface area contributed by atoms with Crippen LogP contribution in [0.1, 0.15) is 29.7 Å². The van der Waals surface area contributed by atoms with Gasteiger partial charge in [-0.2, -0.15) is 0 Å². The number of rotatable bonds is 6. The highest BCUT2D eigenvalue weighted by atomic mass is 79.9. The summed E-state index contributed by atoms with van der Waals surface area (Å²) in [4.78, 5) is 32.7. The summed E-state index contributed by atoms with van der Waals surface area (Å²) in [6.07, 6.45) is 1.56. The second-order valence-electron chi connectivity index (χ2n) is 8.53. The van der Waals surface area contributed by atoms with Crippen molar-refractivity contribution < 1.29 is 19.4 Å². The minimum atomic E-state index is -0.840. The number of aromatic hydroxyl groups is 1. The van der Waals surface area contributed by atoms with Crippen molar-refractivity contribution in [2.45, 2.75) is 13.0 Å². The van der Waals surface area contributed by atoms with E-state index in [0.29, 0.717) is 41.9 Å². The van der Waals surface area contributed by atoms with Crippen molar-refractivity contribution in [1.82, 2.24) is 4.57 Å². The SMILES string of the molecule is CCOC(=O)C1=C(c2ccccc2)N=c2s/c(=C\c3cc(Br)cc(Cl)c3O)c(=O)n2[C@@H]1c1cccc(OC)c1. The summed E-state index contributed by atoms with van der Waals surface area (Å²) >= 11 is 10.7. The molecule has 0 radical (unpaired) electrons. The molecule has 1 aliphatic heterocycles. The molecule has 1 aromatic heterocycles. The number of phenolic OH excluding ortho intramolecular Hbond substituents is 1. The molecule has 7 nitrogen and oxygen atoms in total. The van der Waals surface area contributed by atoms with Gasteiger partial charge in [0.25, 0.3) is 5.56 Å². The number of esters is 1. The Kier molecular flexibility index (Phi) is 7.74. The van der Waals surface area contributed by atoms with E-state index in [-0.39, 0.29) is 28.5 Å². The molecule has 0 saturated heterocycles. The van der Waals surface area contributed by atoms with Crippen molar-refractivity contribution in [3.05, 3.63) is 118 Å². The fourth-order valence-corrected chi connectivity index (χ4v) is 6.23. The van der Waals surface area contributed by atoms with Crippen molar-refractivity contribution in [2.75, 3.05) is 13.7 Å². The Balaban J connectivity index is 1.86. The second kappa shape index (κ2) is 11.2. The van der Waals surface area contributed by atoms with Gasteiger partial charge in [-0.3, -0.25) is 9.36 Å². The quantitative estimate of drug-likeness (QED) is 0.303. The van der Waals surface area contributed by atoms with Crippen molar-refractivity contribution >= 4 is 56.6 Å². The van der Waals surface area contributed by atoms with Crippen molar-refractivity contribution in [2.24, 2.45) is 4.99 Å². The molecule has 0 bridgehead atoms. The van der Waals surface area contributed by atoms with Crippen LogP contribution >= 0.6 is 38.9 Å². The van der Waals surface area contributed by atoms with Gasteiger partial charge in [-0.25, -0.2) is 9.79 Å². The standard InChI is InChI=1S/C29H22BrClN2O5S/c1-3-38-28(36)23-24(16-8-5-4-6-9-16)32-29-33(25(23)17-10-7-11-20(13-17)37-2)27(35)22(39-29)14-18-12-19(30)15-21(31)26(18)34/h4-15,25,34H,3H2,1-2H3/b22-14-/t25-/m1/s1. The van der Waals surface area contributed by atoms with E-state index < -0.39 is 12.0 Å². The van der Waals surface area contributed by atoms with E-state index in [2.05, 4.69) is 15.9 Å². The molecule has 0 unspecified atom stereocenters. The summed E-state index contributed by atoms with van der Waals surface area (Å²) in [6.45, 7) is 1.88. The Labute approximate surface area is 241 Å². The summed E-state index contributed by atoms with van der Waals surface area (Å²) in [6, 6.07) is 18.9. The molecule has 0 amide bonds. The van der Waals surface area contributed by atoms with Gasteiger partial charge < -0.3 is 14.6 Å². The van der Waals surface area contributed by atoms with Crippen LogP contribution in [0.25, 0.3) is 11.8 Å². The topological polar surface area (TPSA) is 90.1 Å². The zero-order chi connectivity index (χ0) is 27.7. The molecule has 5 rings (SSSR count). The monoisotopic (exact) mass is 624 g/mol. The highest BCUT2D eigenvalue weighted by Gasteiger charge is 2.35. The minimum Gasteiger partial charge on any atom is -0.506 e.